The van der Waals surface area contributed by atoms with Gasteiger partial charge in [0, 0.05) is 6.04 Å². The van der Waals surface area contributed by atoms with E-state index in [-0.39, 0.29) is 18.7 Å². The molecule has 1 fully saturated rings. The van der Waals surface area contributed by atoms with Crippen molar-refractivity contribution >= 4 is 0 Å². The Balaban J connectivity index is 2.48. The van der Waals surface area contributed by atoms with Crippen LogP contribution in [0.3, 0.4) is 0 Å². The Morgan fingerprint density at radius 1 is 1.17 bits per heavy atom. The van der Waals surface area contributed by atoms with Gasteiger partial charge in [-0.3, -0.25) is 0 Å². The monoisotopic (exact) mass is 175 g/mol. The molecule has 4 heteroatoms. The second-order valence-corrected chi connectivity index (χ2v) is 3.33. The quantitative estimate of drug-likeness (QED) is 0.436. The van der Waals surface area contributed by atoms with E-state index >= 15 is 0 Å². The molecule has 1 aliphatic heterocycles. The average Bonchev–Trinajstić information content (AvgIpc) is 2.33. The summed E-state index contributed by atoms with van der Waals surface area (Å²) in [5.41, 5.74) is 0. The van der Waals surface area contributed by atoms with Crippen LogP contribution >= 0.6 is 0 Å². The van der Waals surface area contributed by atoms with Crippen LogP contribution in [0.2, 0.25) is 0 Å². The highest BCUT2D eigenvalue weighted by Crippen LogP contribution is 2.17. The number of rotatable bonds is 3. The lowest BCUT2D eigenvalue weighted by atomic mass is 10.1. The largest absolute Gasteiger partial charge is 0.395 e. The zero-order valence-corrected chi connectivity index (χ0v) is 7.27. The minimum atomic E-state index is -0.827. The van der Waals surface area contributed by atoms with E-state index < -0.39 is 12.2 Å². The van der Waals surface area contributed by atoms with Gasteiger partial charge in [-0.2, -0.15) is 0 Å². The summed E-state index contributed by atoms with van der Waals surface area (Å²) in [5.74, 6) is 0. The number of hydrogen-bond acceptors (Lipinski definition) is 4. The molecule has 12 heavy (non-hydrogen) atoms. The summed E-state index contributed by atoms with van der Waals surface area (Å²) in [6.07, 6.45) is 0.225. The average molecular weight is 175 g/mol. The molecule has 1 saturated heterocycles. The van der Waals surface area contributed by atoms with E-state index in [1.165, 1.54) is 0 Å². The highest BCUT2D eigenvalue weighted by Gasteiger charge is 2.39. The topological polar surface area (TPSA) is 72.7 Å². The lowest BCUT2D eigenvalue weighted by molar-refractivity contribution is 0.0188. The van der Waals surface area contributed by atoms with Gasteiger partial charge in [0.05, 0.1) is 24.9 Å². The Hall–Kier alpha value is -0.160. The van der Waals surface area contributed by atoms with Gasteiger partial charge in [-0.05, 0) is 6.42 Å². The summed E-state index contributed by atoms with van der Waals surface area (Å²) < 4.78 is 0. The summed E-state index contributed by atoms with van der Waals surface area (Å²) >= 11 is 0. The van der Waals surface area contributed by atoms with Crippen LogP contribution in [0.4, 0.5) is 0 Å². The molecule has 0 aliphatic carbocycles. The molecule has 0 amide bonds. The summed E-state index contributed by atoms with van der Waals surface area (Å²) in [7, 11) is 0. The predicted octanol–water partition coefficient (Wildman–Crippen LogP) is -1.16. The van der Waals surface area contributed by atoms with Gasteiger partial charge >= 0.3 is 0 Å². The van der Waals surface area contributed by atoms with E-state index in [1.807, 2.05) is 6.92 Å². The second kappa shape index (κ2) is 4.18. The molecule has 0 aromatic carbocycles. The summed E-state index contributed by atoms with van der Waals surface area (Å²) in [4.78, 5) is 0. The molecular weight excluding hydrogens is 158 g/mol. The van der Waals surface area contributed by atoms with Crippen molar-refractivity contribution in [2.75, 3.05) is 6.61 Å². The van der Waals surface area contributed by atoms with E-state index in [2.05, 4.69) is 5.32 Å². The first-order chi connectivity index (χ1) is 5.70. The minimum Gasteiger partial charge on any atom is -0.395 e. The van der Waals surface area contributed by atoms with Crippen LogP contribution in [0.5, 0.6) is 0 Å². The molecular formula is C8H17NO3. The van der Waals surface area contributed by atoms with Crippen molar-refractivity contribution in [3.8, 4) is 0 Å². The maximum absolute atomic E-state index is 9.47. The van der Waals surface area contributed by atoms with Crippen LogP contribution in [-0.4, -0.2) is 46.2 Å². The maximum Gasteiger partial charge on any atom is 0.0989 e. The van der Waals surface area contributed by atoms with Crippen LogP contribution < -0.4 is 5.32 Å². The van der Waals surface area contributed by atoms with E-state index in [0.29, 0.717) is 0 Å². The molecule has 0 bridgehead atoms. The van der Waals surface area contributed by atoms with Gasteiger partial charge in [-0.1, -0.05) is 13.3 Å². The van der Waals surface area contributed by atoms with Crippen molar-refractivity contribution < 1.29 is 15.3 Å². The number of hydrogen-bond donors (Lipinski definition) is 4. The van der Waals surface area contributed by atoms with Crippen molar-refractivity contribution in [1.29, 1.82) is 0 Å². The lowest BCUT2D eigenvalue weighted by Gasteiger charge is -2.14. The molecule has 1 aliphatic rings. The fourth-order valence-electron chi connectivity index (χ4n) is 1.67. The molecule has 1 rings (SSSR count). The standard InChI is InChI=1S/C8H17NO3/c1-2-3-5-7(11)8(12)6(4-10)9-5/h5-12H,2-4H2,1H3/t5-,6-,7+,8-/m0/s1. The Kier molecular flexibility index (Phi) is 3.46. The smallest absolute Gasteiger partial charge is 0.0989 e. The number of aliphatic hydroxyl groups is 3. The molecule has 4 N–H and O–H groups in total. The van der Waals surface area contributed by atoms with Gasteiger partial charge in [0.2, 0.25) is 0 Å². The Bertz CT molecular complexity index is 142. The van der Waals surface area contributed by atoms with Crippen molar-refractivity contribution in [1.82, 2.24) is 5.32 Å². The van der Waals surface area contributed by atoms with E-state index in [4.69, 9.17) is 5.11 Å². The molecule has 0 aromatic rings. The predicted molar refractivity (Wildman–Crippen MR) is 44.7 cm³/mol. The summed E-state index contributed by atoms with van der Waals surface area (Å²) in [6.45, 7) is 1.89. The molecule has 0 spiro atoms. The Morgan fingerprint density at radius 2 is 1.75 bits per heavy atom. The van der Waals surface area contributed by atoms with Crippen molar-refractivity contribution in [2.24, 2.45) is 0 Å². The first-order valence-corrected chi connectivity index (χ1v) is 4.43. The van der Waals surface area contributed by atoms with E-state index in [0.717, 1.165) is 12.8 Å². The highest BCUT2D eigenvalue weighted by molar-refractivity contribution is 4.97. The summed E-state index contributed by atoms with van der Waals surface area (Å²) in [5, 5.41) is 30.6. The van der Waals surface area contributed by atoms with Crippen LogP contribution in [0.1, 0.15) is 19.8 Å². The van der Waals surface area contributed by atoms with E-state index in [1.54, 1.807) is 0 Å². The van der Waals surface area contributed by atoms with Crippen molar-refractivity contribution in [3.63, 3.8) is 0 Å². The van der Waals surface area contributed by atoms with Gasteiger partial charge < -0.3 is 20.6 Å². The molecule has 0 radical (unpaired) electrons. The normalized spacial score (nSPS) is 42.0. The number of nitrogens with one attached hydrogen (secondary N) is 1. The van der Waals surface area contributed by atoms with Crippen LogP contribution in [0, 0.1) is 0 Å². The molecule has 72 valence electrons. The first kappa shape index (κ1) is 9.92. The Morgan fingerprint density at radius 3 is 2.17 bits per heavy atom. The molecule has 0 aromatic heterocycles. The maximum atomic E-state index is 9.47. The second-order valence-electron chi connectivity index (χ2n) is 3.33. The van der Waals surface area contributed by atoms with Gasteiger partial charge in [0.15, 0.2) is 0 Å². The van der Waals surface area contributed by atoms with Crippen LogP contribution in [-0.2, 0) is 0 Å². The minimum absolute atomic E-state index is 0.0675. The molecule has 1 heterocycles. The fraction of sp³-hybridized carbons (Fsp3) is 1.00. The van der Waals surface area contributed by atoms with Crippen LogP contribution in [0.15, 0.2) is 0 Å². The zero-order chi connectivity index (χ0) is 9.14. The Labute approximate surface area is 72.2 Å². The van der Waals surface area contributed by atoms with Crippen LogP contribution in [0.25, 0.3) is 0 Å². The highest BCUT2D eigenvalue weighted by atomic mass is 16.3. The van der Waals surface area contributed by atoms with Gasteiger partial charge in [0.1, 0.15) is 0 Å². The van der Waals surface area contributed by atoms with Gasteiger partial charge in [-0.25, -0.2) is 0 Å². The molecule has 4 atom stereocenters. The molecule has 0 unspecified atom stereocenters. The molecule has 0 saturated carbocycles. The fourth-order valence-corrected chi connectivity index (χ4v) is 1.67. The SMILES string of the molecule is CCC[C@@H]1N[C@@H](CO)[C@H](O)[C@@H]1O. The third-order valence-corrected chi connectivity index (χ3v) is 2.40. The van der Waals surface area contributed by atoms with Gasteiger partial charge in [0.25, 0.3) is 0 Å². The zero-order valence-electron chi connectivity index (χ0n) is 7.27. The van der Waals surface area contributed by atoms with Gasteiger partial charge in [-0.15, -0.1) is 0 Å². The summed E-state index contributed by atoms with van der Waals surface area (Å²) in [6, 6.07) is -0.432. The van der Waals surface area contributed by atoms with E-state index in [9.17, 15) is 10.2 Å². The number of aliphatic hydroxyl groups excluding tert-OH is 3. The van der Waals surface area contributed by atoms with Crippen molar-refractivity contribution in [3.05, 3.63) is 0 Å². The lowest BCUT2D eigenvalue weighted by Crippen LogP contribution is -2.36. The first-order valence-electron chi connectivity index (χ1n) is 4.43. The van der Waals surface area contributed by atoms with Crippen molar-refractivity contribution in [2.45, 2.75) is 44.1 Å². The third kappa shape index (κ3) is 1.77. The third-order valence-electron chi connectivity index (χ3n) is 2.40. The molecule has 4 nitrogen and oxygen atoms in total.